The highest BCUT2D eigenvalue weighted by Gasteiger charge is 2.51. The van der Waals surface area contributed by atoms with E-state index >= 15 is 0 Å². The van der Waals surface area contributed by atoms with Gasteiger partial charge in [0.1, 0.15) is 35.5 Å². The molecule has 2 aliphatic heterocycles. The first-order chi connectivity index (χ1) is 19.8. The molecule has 2 fully saturated rings. The zero-order valence-corrected chi connectivity index (χ0v) is 24.1. The molecule has 3 aromatic rings. The summed E-state index contributed by atoms with van der Waals surface area (Å²) in [6.45, 7) is 5.47. The van der Waals surface area contributed by atoms with E-state index in [1.54, 1.807) is 0 Å². The second-order valence-electron chi connectivity index (χ2n) is 11.5. The van der Waals surface area contributed by atoms with Gasteiger partial charge in [0.15, 0.2) is 17.5 Å². The number of hydrogen-bond acceptors (Lipinski definition) is 9. The molecule has 0 spiro atoms. The molecule has 1 unspecified atom stereocenters. The van der Waals surface area contributed by atoms with E-state index < -0.39 is 70.3 Å². The molecule has 0 amide bonds. The van der Waals surface area contributed by atoms with Crippen LogP contribution in [0.5, 0.6) is 0 Å². The number of thioether (sulfide) groups is 1. The van der Waals surface area contributed by atoms with Crippen LogP contribution in [-0.2, 0) is 9.47 Å². The molecule has 2 aliphatic rings. The Bertz CT molecular complexity index is 1400. The maximum absolute atomic E-state index is 13.9. The summed E-state index contributed by atoms with van der Waals surface area (Å²) >= 11 is 1.17. The lowest BCUT2D eigenvalue weighted by molar-refractivity contribution is -0.179. The Balaban J connectivity index is 1.49. The van der Waals surface area contributed by atoms with E-state index in [9.17, 15) is 33.6 Å². The first-order valence-corrected chi connectivity index (χ1v) is 14.5. The molecular weight excluding hydrogens is 575 g/mol. The molecule has 1 aromatic heterocycles. The number of aliphatic hydroxyl groups excluding tert-OH is 3. The normalized spacial score (nSPS) is 30.3. The first-order valence-electron chi connectivity index (χ1n) is 13.6. The minimum Gasteiger partial charge on any atom is -0.394 e. The van der Waals surface area contributed by atoms with Crippen molar-refractivity contribution < 1.29 is 43.1 Å². The number of aliphatic hydroxyl groups is 4. The second kappa shape index (κ2) is 11.9. The van der Waals surface area contributed by atoms with Gasteiger partial charge in [-0.2, -0.15) is 0 Å². The van der Waals surface area contributed by atoms with Crippen LogP contribution in [0.1, 0.15) is 49.1 Å². The Hall–Kier alpha value is -2.52. The molecule has 5 rings (SSSR count). The lowest BCUT2D eigenvalue weighted by Gasteiger charge is -2.48. The highest BCUT2D eigenvalue weighted by Crippen LogP contribution is 2.51. The monoisotopic (exact) mass is 609 g/mol. The van der Waals surface area contributed by atoms with Crippen LogP contribution in [0.25, 0.3) is 11.3 Å². The Labute approximate surface area is 245 Å². The van der Waals surface area contributed by atoms with Crippen LogP contribution in [0.3, 0.4) is 0 Å². The summed E-state index contributed by atoms with van der Waals surface area (Å²) in [6, 6.07) is 7.92. The molecule has 2 saturated heterocycles. The maximum atomic E-state index is 13.9. The van der Waals surface area contributed by atoms with Crippen LogP contribution >= 0.6 is 11.8 Å². The van der Waals surface area contributed by atoms with Crippen LogP contribution in [0.2, 0.25) is 0 Å². The molecule has 7 atom stereocenters. The standard InChI is InChI=1S/C29H34F3N3O6S/c1-15-6-4-5-7-17(15)26(29(39)8-9-40-28(2,3)14-29)42-27-25(38)23(24(37)21(13-36)41-27)35-12-20(33-34-35)16-10-18(30)22(32)19(31)11-16/h4-7,10-12,21,23-27,36-39H,8-9,13-14H2,1-3H3/t21-,23+,24+,25-,26?,27+,29+/m1/s1. The molecule has 3 heterocycles. The van der Waals surface area contributed by atoms with Gasteiger partial charge < -0.3 is 29.9 Å². The Morgan fingerprint density at radius 2 is 1.81 bits per heavy atom. The summed E-state index contributed by atoms with van der Waals surface area (Å²) in [4.78, 5) is 0. The van der Waals surface area contributed by atoms with Gasteiger partial charge in [-0.3, -0.25) is 0 Å². The number of ether oxygens (including phenoxy) is 2. The third-order valence-corrected chi connectivity index (χ3v) is 9.56. The Morgan fingerprint density at radius 3 is 2.45 bits per heavy atom. The van der Waals surface area contributed by atoms with Crippen molar-refractivity contribution in [1.82, 2.24) is 15.0 Å². The molecule has 4 N–H and O–H groups in total. The van der Waals surface area contributed by atoms with E-state index in [1.807, 2.05) is 45.0 Å². The third kappa shape index (κ3) is 5.96. The number of aryl methyl sites for hydroxylation is 1. The Morgan fingerprint density at radius 1 is 1.12 bits per heavy atom. The molecule has 9 nitrogen and oxygen atoms in total. The van der Waals surface area contributed by atoms with Gasteiger partial charge in [0.25, 0.3) is 0 Å². The average molecular weight is 610 g/mol. The summed E-state index contributed by atoms with van der Waals surface area (Å²) in [5, 5.41) is 52.0. The molecule has 13 heteroatoms. The quantitative estimate of drug-likeness (QED) is 0.298. The van der Waals surface area contributed by atoms with Crippen molar-refractivity contribution in [3.8, 4) is 11.3 Å². The first kappa shape index (κ1) is 30.9. The largest absolute Gasteiger partial charge is 0.394 e. The fourth-order valence-electron chi connectivity index (χ4n) is 5.86. The highest BCUT2D eigenvalue weighted by atomic mass is 32.2. The van der Waals surface area contributed by atoms with Gasteiger partial charge in [0.05, 0.1) is 35.9 Å². The van der Waals surface area contributed by atoms with E-state index in [1.165, 1.54) is 18.0 Å². The number of aromatic nitrogens is 3. The molecule has 0 aliphatic carbocycles. The molecule has 228 valence electrons. The molecule has 0 radical (unpaired) electrons. The summed E-state index contributed by atoms with van der Waals surface area (Å²) in [5.41, 5.74) is -1.27. The summed E-state index contributed by atoms with van der Waals surface area (Å²) in [6.07, 6.45) is -2.10. The lowest BCUT2D eigenvalue weighted by Crippen LogP contribution is -2.56. The van der Waals surface area contributed by atoms with E-state index in [0.29, 0.717) is 19.4 Å². The molecule has 2 aromatic carbocycles. The number of hydrogen-bond donors (Lipinski definition) is 4. The van der Waals surface area contributed by atoms with Gasteiger partial charge in [-0.25, -0.2) is 17.9 Å². The van der Waals surface area contributed by atoms with Gasteiger partial charge in [0.2, 0.25) is 0 Å². The predicted molar refractivity (Wildman–Crippen MR) is 148 cm³/mol. The van der Waals surface area contributed by atoms with Crippen LogP contribution in [0.15, 0.2) is 42.6 Å². The van der Waals surface area contributed by atoms with Gasteiger partial charge in [-0.1, -0.05) is 29.5 Å². The smallest absolute Gasteiger partial charge is 0.194 e. The minimum atomic E-state index is -1.62. The highest BCUT2D eigenvalue weighted by molar-refractivity contribution is 8.00. The average Bonchev–Trinajstić information content (AvgIpc) is 3.41. The summed E-state index contributed by atoms with van der Waals surface area (Å²) in [5.74, 6) is -4.43. The molecule has 0 bridgehead atoms. The van der Waals surface area contributed by atoms with Crippen LogP contribution < -0.4 is 0 Å². The predicted octanol–water partition coefficient (Wildman–Crippen LogP) is 3.45. The van der Waals surface area contributed by atoms with Crippen molar-refractivity contribution in [2.75, 3.05) is 13.2 Å². The topological polar surface area (TPSA) is 130 Å². The third-order valence-electron chi connectivity index (χ3n) is 7.93. The van der Waals surface area contributed by atoms with Gasteiger partial charge in [0, 0.05) is 18.4 Å². The van der Waals surface area contributed by atoms with Crippen molar-refractivity contribution in [3.05, 3.63) is 71.2 Å². The van der Waals surface area contributed by atoms with Crippen LogP contribution in [0.4, 0.5) is 13.2 Å². The fraction of sp³-hybridized carbons (Fsp3) is 0.517. The number of benzene rings is 2. The van der Waals surface area contributed by atoms with E-state index in [0.717, 1.165) is 27.9 Å². The van der Waals surface area contributed by atoms with Crippen molar-refractivity contribution >= 4 is 11.8 Å². The minimum absolute atomic E-state index is 0.0278. The van der Waals surface area contributed by atoms with Gasteiger partial charge in [-0.05, 0) is 44.0 Å². The summed E-state index contributed by atoms with van der Waals surface area (Å²) < 4.78 is 54.2. The second-order valence-corrected chi connectivity index (χ2v) is 12.8. The number of rotatable bonds is 7. The van der Waals surface area contributed by atoms with Crippen molar-refractivity contribution in [1.29, 1.82) is 0 Å². The van der Waals surface area contributed by atoms with Crippen LogP contribution in [-0.4, -0.2) is 83.6 Å². The SMILES string of the molecule is Cc1ccccc1C(S[C@@H]1O[C@H](CO)[C@H](O)[C@H](n2cc(-c3cc(F)c(F)c(F)c3)nn2)[C@H]1O)[C@]1(O)CCOC(C)(C)C1. The number of halogens is 3. The lowest BCUT2D eigenvalue weighted by atomic mass is 9.79. The molecule has 42 heavy (non-hydrogen) atoms. The zero-order chi connectivity index (χ0) is 30.4. The van der Waals surface area contributed by atoms with Gasteiger partial charge >= 0.3 is 0 Å². The van der Waals surface area contributed by atoms with Gasteiger partial charge in [-0.15, -0.1) is 16.9 Å². The molecular formula is C29H34F3N3O6S. The Kier molecular flexibility index (Phi) is 8.74. The van der Waals surface area contributed by atoms with E-state index in [-0.39, 0.29) is 11.3 Å². The summed E-state index contributed by atoms with van der Waals surface area (Å²) in [7, 11) is 0. The van der Waals surface area contributed by atoms with Crippen molar-refractivity contribution in [2.45, 2.75) is 79.9 Å². The van der Waals surface area contributed by atoms with Crippen LogP contribution in [0, 0.1) is 24.4 Å². The van der Waals surface area contributed by atoms with E-state index in [2.05, 4.69) is 10.3 Å². The maximum Gasteiger partial charge on any atom is 0.194 e. The van der Waals surface area contributed by atoms with Crippen molar-refractivity contribution in [3.63, 3.8) is 0 Å². The van der Waals surface area contributed by atoms with E-state index in [4.69, 9.17) is 9.47 Å². The number of nitrogens with zero attached hydrogens (tertiary/aromatic N) is 3. The van der Waals surface area contributed by atoms with Crippen molar-refractivity contribution in [2.24, 2.45) is 0 Å². The fourth-order valence-corrected chi connectivity index (χ4v) is 7.52. The molecule has 0 saturated carbocycles. The zero-order valence-electron chi connectivity index (χ0n) is 23.3.